The summed E-state index contributed by atoms with van der Waals surface area (Å²) < 4.78 is 0. The molecule has 0 saturated carbocycles. The quantitative estimate of drug-likeness (QED) is 0.923. The lowest BCUT2D eigenvalue weighted by atomic mass is 9.97. The number of piperidine rings is 1. The molecule has 1 N–H and O–H groups in total. The van der Waals surface area contributed by atoms with Crippen LogP contribution >= 0.6 is 0 Å². The van der Waals surface area contributed by atoms with Gasteiger partial charge in [-0.05, 0) is 43.0 Å². The number of hydrogen-bond donors (Lipinski definition) is 1. The monoisotopic (exact) mass is 309 g/mol. The summed E-state index contributed by atoms with van der Waals surface area (Å²) in [5.74, 6) is 0.436. The molecule has 1 amide bonds. The van der Waals surface area contributed by atoms with E-state index in [-0.39, 0.29) is 5.91 Å². The molecule has 0 spiro atoms. The molecular weight excluding hydrogens is 286 g/mol. The fourth-order valence-electron chi connectivity index (χ4n) is 3.13. The van der Waals surface area contributed by atoms with Crippen LogP contribution in [0.4, 0.5) is 0 Å². The van der Waals surface area contributed by atoms with Crippen LogP contribution in [0.3, 0.4) is 0 Å². The molecule has 0 aliphatic carbocycles. The van der Waals surface area contributed by atoms with Crippen molar-refractivity contribution in [2.24, 2.45) is 5.92 Å². The van der Waals surface area contributed by atoms with E-state index in [4.69, 9.17) is 0 Å². The number of amides is 1. The van der Waals surface area contributed by atoms with E-state index in [2.05, 4.69) is 45.5 Å². The minimum atomic E-state index is -0.0780. The van der Waals surface area contributed by atoms with E-state index in [0.29, 0.717) is 11.6 Å². The normalized spacial score (nSPS) is 18.5. The van der Waals surface area contributed by atoms with Crippen molar-refractivity contribution in [2.75, 3.05) is 19.6 Å². The van der Waals surface area contributed by atoms with Gasteiger partial charge < -0.3 is 5.32 Å². The van der Waals surface area contributed by atoms with Crippen molar-refractivity contribution < 1.29 is 4.79 Å². The number of likely N-dealkylation sites (tertiary alicyclic amines) is 1. The van der Waals surface area contributed by atoms with Crippen molar-refractivity contribution in [1.29, 1.82) is 0 Å². The molecule has 0 bridgehead atoms. The lowest BCUT2D eigenvalue weighted by molar-refractivity contribution is 0.0925. The standard InChI is InChI=1S/C19H23N3O/c23-19(18-10-4-5-11-20-18)21-13-17-9-6-12-22(15-17)14-16-7-2-1-3-8-16/h1-5,7-8,10-11,17H,6,9,12-15H2,(H,21,23)/t17-/m0/s1. The number of aromatic nitrogens is 1. The SMILES string of the molecule is O=C(NC[C@@H]1CCCN(Cc2ccccc2)C1)c1ccccn1. The topological polar surface area (TPSA) is 45.2 Å². The zero-order valence-corrected chi connectivity index (χ0v) is 13.3. The van der Waals surface area contributed by atoms with Crippen molar-refractivity contribution in [2.45, 2.75) is 19.4 Å². The lowest BCUT2D eigenvalue weighted by Gasteiger charge is -2.32. The average Bonchev–Trinajstić information content (AvgIpc) is 2.62. The molecule has 3 rings (SSSR count). The predicted molar refractivity (Wildman–Crippen MR) is 91.0 cm³/mol. The molecule has 1 saturated heterocycles. The lowest BCUT2D eigenvalue weighted by Crippen LogP contribution is -2.40. The molecule has 2 heterocycles. The van der Waals surface area contributed by atoms with E-state index >= 15 is 0 Å². The van der Waals surface area contributed by atoms with E-state index in [9.17, 15) is 4.79 Å². The van der Waals surface area contributed by atoms with Gasteiger partial charge in [-0.3, -0.25) is 14.7 Å². The number of carbonyl (C=O) groups is 1. The average molecular weight is 309 g/mol. The van der Waals surface area contributed by atoms with E-state index in [0.717, 1.165) is 26.2 Å². The van der Waals surface area contributed by atoms with Gasteiger partial charge in [-0.1, -0.05) is 36.4 Å². The molecule has 4 nitrogen and oxygen atoms in total. The highest BCUT2D eigenvalue weighted by Crippen LogP contribution is 2.18. The van der Waals surface area contributed by atoms with Crippen LogP contribution in [0.5, 0.6) is 0 Å². The molecule has 120 valence electrons. The predicted octanol–water partition coefficient (Wildman–Crippen LogP) is 2.72. The van der Waals surface area contributed by atoms with Crippen LogP contribution in [0.2, 0.25) is 0 Å². The van der Waals surface area contributed by atoms with Crippen LogP contribution in [0.1, 0.15) is 28.9 Å². The summed E-state index contributed by atoms with van der Waals surface area (Å²) in [6.07, 6.45) is 4.02. The highest BCUT2D eigenvalue weighted by Gasteiger charge is 2.20. The largest absolute Gasteiger partial charge is 0.350 e. The summed E-state index contributed by atoms with van der Waals surface area (Å²) >= 11 is 0. The number of benzene rings is 1. The van der Waals surface area contributed by atoms with E-state index < -0.39 is 0 Å². The Balaban J connectivity index is 1.48. The Morgan fingerprint density at radius 2 is 2.00 bits per heavy atom. The van der Waals surface area contributed by atoms with Crippen LogP contribution in [-0.4, -0.2) is 35.4 Å². The molecule has 1 fully saturated rings. The Bertz CT molecular complexity index is 615. The Kier molecular flexibility index (Phi) is 5.37. The molecule has 0 radical (unpaired) electrons. The summed E-state index contributed by atoms with van der Waals surface area (Å²) in [5, 5.41) is 3.02. The van der Waals surface area contributed by atoms with Crippen LogP contribution in [0, 0.1) is 5.92 Å². The van der Waals surface area contributed by atoms with Gasteiger partial charge >= 0.3 is 0 Å². The van der Waals surface area contributed by atoms with E-state index in [1.165, 1.54) is 18.4 Å². The van der Waals surface area contributed by atoms with Gasteiger partial charge in [-0.25, -0.2) is 0 Å². The van der Waals surface area contributed by atoms with Gasteiger partial charge in [-0.15, -0.1) is 0 Å². The number of nitrogens with zero attached hydrogens (tertiary/aromatic N) is 2. The molecule has 1 aliphatic rings. The van der Waals surface area contributed by atoms with Gasteiger partial charge in [0.1, 0.15) is 5.69 Å². The van der Waals surface area contributed by atoms with Crippen molar-refractivity contribution in [1.82, 2.24) is 15.2 Å². The van der Waals surface area contributed by atoms with Crippen LogP contribution in [-0.2, 0) is 6.54 Å². The third-order valence-corrected chi connectivity index (χ3v) is 4.30. The van der Waals surface area contributed by atoms with Gasteiger partial charge in [0.2, 0.25) is 0 Å². The second-order valence-corrected chi connectivity index (χ2v) is 6.15. The highest BCUT2D eigenvalue weighted by molar-refractivity contribution is 5.92. The molecule has 1 aromatic heterocycles. The molecular formula is C19H23N3O. The summed E-state index contributed by atoms with van der Waals surface area (Å²) in [6, 6.07) is 16.0. The summed E-state index contributed by atoms with van der Waals surface area (Å²) in [6.45, 7) is 3.89. The molecule has 4 heteroatoms. The minimum Gasteiger partial charge on any atom is -0.350 e. The molecule has 1 aliphatic heterocycles. The van der Waals surface area contributed by atoms with Crippen molar-refractivity contribution in [3.63, 3.8) is 0 Å². The van der Waals surface area contributed by atoms with Gasteiger partial charge in [0.15, 0.2) is 0 Å². The maximum atomic E-state index is 12.1. The zero-order chi connectivity index (χ0) is 15.9. The van der Waals surface area contributed by atoms with Crippen molar-refractivity contribution in [3.05, 3.63) is 66.0 Å². The minimum absolute atomic E-state index is 0.0780. The summed E-state index contributed by atoms with van der Waals surface area (Å²) in [4.78, 5) is 18.6. The smallest absolute Gasteiger partial charge is 0.269 e. The maximum absolute atomic E-state index is 12.1. The van der Waals surface area contributed by atoms with Gasteiger partial charge in [-0.2, -0.15) is 0 Å². The zero-order valence-electron chi connectivity index (χ0n) is 13.3. The molecule has 2 aromatic rings. The first kappa shape index (κ1) is 15.7. The second kappa shape index (κ2) is 7.88. The molecule has 1 atom stereocenters. The number of hydrogen-bond acceptors (Lipinski definition) is 3. The van der Waals surface area contributed by atoms with Crippen LogP contribution in [0.15, 0.2) is 54.7 Å². The highest BCUT2D eigenvalue weighted by atomic mass is 16.1. The van der Waals surface area contributed by atoms with Crippen molar-refractivity contribution >= 4 is 5.91 Å². The third kappa shape index (κ3) is 4.63. The number of nitrogens with one attached hydrogen (secondary N) is 1. The number of carbonyl (C=O) groups excluding carboxylic acids is 1. The Labute approximate surface area is 137 Å². The fourth-order valence-corrected chi connectivity index (χ4v) is 3.13. The maximum Gasteiger partial charge on any atom is 0.269 e. The Hall–Kier alpha value is -2.20. The van der Waals surface area contributed by atoms with E-state index in [1.54, 1.807) is 12.3 Å². The van der Waals surface area contributed by atoms with Gasteiger partial charge in [0.05, 0.1) is 0 Å². The Morgan fingerprint density at radius 1 is 1.17 bits per heavy atom. The Morgan fingerprint density at radius 3 is 2.78 bits per heavy atom. The van der Waals surface area contributed by atoms with Gasteiger partial charge in [0.25, 0.3) is 5.91 Å². The number of rotatable bonds is 5. The van der Waals surface area contributed by atoms with Crippen molar-refractivity contribution in [3.8, 4) is 0 Å². The second-order valence-electron chi connectivity index (χ2n) is 6.15. The summed E-state index contributed by atoms with van der Waals surface area (Å²) in [5.41, 5.74) is 1.84. The van der Waals surface area contributed by atoms with Gasteiger partial charge in [0, 0.05) is 25.8 Å². The number of pyridine rings is 1. The first-order valence-electron chi connectivity index (χ1n) is 8.27. The fraction of sp³-hybridized carbons (Fsp3) is 0.368. The molecule has 1 aromatic carbocycles. The first-order chi connectivity index (χ1) is 11.3. The molecule has 0 unspecified atom stereocenters. The third-order valence-electron chi connectivity index (χ3n) is 4.30. The van der Waals surface area contributed by atoms with E-state index in [1.807, 2.05) is 12.1 Å². The van der Waals surface area contributed by atoms with Crippen LogP contribution in [0.25, 0.3) is 0 Å². The molecule has 23 heavy (non-hydrogen) atoms. The van der Waals surface area contributed by atoms with Crippen LogP contribution < -0.4 is 5.32 Å². The first-order valence-corrected chi connectivity index (χ1v) is 8.27. The summed E-state index contributed by atoms with van der Waals surface area (Å²) in [7, 11) is 0.